The molecule has 2 aromatic carbocycles. The third-order valence-electron chi connectivity index (χ3n) is 4.95. The number of carboxylic acid groups (broad SMARTS) is 1. The highest BCUT2D eigenvalue weighted by Gasteiger charge is 2.41. The minimum atomic E-state index is -4.14. The van der Waals surface area contributed by atoms with Crippen molar-refractivity contribution in [2.75, 3.05) is 11.6 Å². The van der Waals surface area contributed by atoms with Gasteiger partial charge in [0.05, 0.1) is 10.8 Å². The zero-order chi connectivity index (χ0) is 25.1. The van der Waals surface area contributed by atoms with Crippen molar-refractivity contribution in [2.45, 2.75) is 49.8 Å². The molecule has 0 unspecified atom stereocenters. The van der Waals surface area contributed by atoms with Gasteiger partial charge >= 0.3 is 5.97 Å². The van der Waals surface area contributed by atoms with Gasteiger partial charge in [0.25, 0.3) is 0 Å². The summed E-state index contributed by atoms with van der Waals surface area (Å²) >= 11 is 1.22. The number of carboxylic acids is 1. The lowest BCUT2D eigenvalue weighted by molar-refractivity contribution is -0.142. The number of thioether (sulfide) groups is 1. The van der Waals surface area contributed by atoms with Gasteiger partial charge in [0.15, 0.2) is 0 Å². The van der Waals surface area contributed by atoms with Crippen LogP contribution in [-0.4, -0.2) is 59.0 Å². The van der Waals surface area contributed by atoms with Crippen molar-refractivity contribution >= 4 is 33.7 Å². The van der Waals surface area contributed by atoms with Gasteiger partial charge in [0, 0.05) is 12.2 Å². The molecule has 0 spiro atoms. The van der Waals surface area contributed by atoms with Gasteiger partial charge in [-0.1, -0.05) is 18.2 Å². The summed E-state index contributed by atoms with van der Waals surface area (Å²) in [7, 11) is -4.14. The zero-order valence-corrected chi connectivity index (χ0v) is 20.7. The van der Waals surface area contributed by atoms with E-state index in [0.717, 1.165) is 16.4 Å². The number of nitrogens with one attached hydrogen (secondary N) is 1. The molecule has 2 atom stereocenters. The number of sulfonamides is 1. The number of carbonyl (C=O) groups excluding carboxylic acids is 1. The molecule has 1 amide bonds. The van der Waals surface area contributed by atoms with E-state index in [4.69, 9.17) is 4.74 Å². The van der Waals surface area contributed by atoms with E-state index in [1.807, 2.05) is 20.8 Å². The van der Waals surface area contributed by atoms with E-state index < -0.39 is 39.8 Å². The molecule has 1 aliphatic rings. The first-order valence-corrected chi connectivity index (χ1v) is 13.1. The molecule has 34 heavy (non-hydrogen) atoms. The Morgan fingerprint density at radius 2 is 1.91 bits per heavy atom. The van der Waals surface area contributed by atoms with Gasteiger partial charge in [-0.05, 0) is 56.7 Å². The van der Waals surface area contributed by atoms with E-state index >= 15 is 0 Å². The molecule has 8 nitrogen and oxygen atoms in total. The fourth-order valence-electron chi connectivity index (χ4n) is 3.38. The molecule has 0 aromatic heterocycles. The predicted molar refractivity (Wildman–Crippen MR) is 127 cm³/mol. The lowest BCUT2D eigenvalue weighted by atomic mass is 10.1. The van der Waals surface area contributed by atoms with Gasteiger partial charge in [0.1, 0.15) is 29.3 Å². The Morgan fingerprint density at radius 3 is 2.50 bits per heavy atom. The van der Waals surface area contributed by atoms with Gasteiger partial charge in [-0.15, -0.1) is 11.8 Å². The molecule has 184 valence electrons. The maximum absolute atomic E-state index is 13.6. The van der Waals surface area contributed by atoms with E-state index in [0.29, 0.717) is 11.3 Å². The highest BCUT2D eigenvalue weighted by molar-refractivity contribution is 8.00. The van der Waals surface area contributed by atoms with Gasteiger partial charge in [-0.3, -0.25) is 4.79 Å². The first-order chi connectivity index (χ1) is 15.9. The van der Waals surface area contributed by atoms with Crippen LogP contribution in [-0.2, 0) is 26.0 Å². The number of aliphatic carboxylic acids is 1. The van der Waals surface area contributed by atoms with Crippen molar-refractivity contribution in [3.8, 4) is 5.75 Å². The third-order valence-corrected chi connectivity index (χ3v) is 7.98. The van der Waals surface area contributed by atoms with Gasteiger partial charge in [-0.25, -0.2) is 17.6 Å². The fraction of sp³-hybridized carbons (Fsp3) is 0.391. The topological polar surface area (TPSA) is 113 Å². The minimum absolute atomic E-state index is 0.00388. The van der Waals surface area contributed by atoms with Crippen LogP contribution in [0.15, 0.2) is 53.4 Å². The number of nitrogens with zero attached hydrogens (tertiary/aromatic N) is 1. The summed E-state index contributed by atoms with van der Waals surface area (Å²) in [5, 5.41) is 12.1. The van der Waals surface area contributed by atoms with Crippen LogP contribution >= 0.6 is 11.8 Å². The number of carbonyl (C=O) groups is 2. The van der Waals surface area contributed by atoms with Crippen LogP contribution in [0, 0.1) is 5.82 Å². The second kappa shape index (κ2) is 10.3. The Morgan fingerprint density at radius 1 is 1.24 bits per heavy atom. The number of ether oxygens (including phenoxy) is 1. The van der Waals surface area contributed by atoms with E-state index in [2.05, 4.69) is 5.32 Å². The van der Waals surface area contributed by atoms with Crippen LogP contribution in [0.2, 0.25) is 0 Å². The van der Waals surface area contributed by atoms with E-state index in [-0.39, 0.29) is 28.5 Å². The normalized spacial score (nSPS) is 17.8. The number of benzene rings is 2. The van der Waals surface area contributed by atoms with Crippen LogP contribution in [0.5, 0.6) is 5.75 Å². The van der Waals surface area contributed by atoms with Crippen molar-refractivity contribution in [3.05, 3.63) is 59.9 Å². The Balaban J connectivity index is 1.72. The molecule has 1 heterocycles. The molecular formula is C23H27FN2O6S2. The lowest BCUT2D eigenvalue weighted by Gasteiger charge is -2.24. The highest BCUT2D eigenvalue weighted by atomic mass is 32.2. The number of hydrogen-bond donors (Lipinski definition) is 2. The summed E-state index contributed by atoms with van der Waals surface area (Å²) < 4.78 is 46.3. The summed E-state index contributed by atoms with van der Waals surface area (Å²) in [4.78, 5) is 24.5. The Hall–Kier alpha value is -2.63. The van der Waals surface area contributed by atoms with Gasteiger partial charge in [0.2, 0.25) is 15.9 Å². The van der Waals surface area contributed by atoms with Gasteiger partial charge < -0.3 is 15.2 Å². The second-order valence-corrected chi connectivity index (χ2v) is 11.7. The standard InChI is InChI=1S/C23H27FN2O6S2/c1-23(2,3)32-17-9-7-15(8-10-17)11-19(22(28)29)25-21(27)20-13-33-14-26(20)34(30,31)18-6-4-5-16(24)12-18/h4-10,12,19-20H,11,13-14H2,1-3H3,(H,25,27)(H,28,29)/t19-,20-/m0/s1. The number of rotatable bonds is 8. The molecule has 0 saturated carbocycles. The van der Waals surface area contributed by atoms with Crippen LogP contribution in [0.3, 0.4) is 0 Å². The summed E-state index contributed by atoms with van der Waals surface area (Å²) in [6.07, 6.45) is 0.00732. The minimum Gasteiger partial charge on any atom is -0.488 e. The molecule has 11 heteroatoms. The molecular weight excluding hydrogens is 483 g/mol. The molecule has 0 radical (unpaired) electrons. The van der Waals surface area contributed by atoms with E-state index in [1.54, 1.807) is 24.3 Å². The van der Waals surface area contributed by atoms with Gasteiger partial charge in [-0.2, -0.15) is 4.31 Å². The smallest absolute Gasteiger partial charge is 0.326 e. The first kappa shape index (κ1) is 26.0. The van der Waals surface area contributed by atoms with Crippen molar-refractivity contribution in [3.63, 3.8) is 0 Å². The summed E-state index contributed by atoms with van der Waals surface area (Å²) in [5.41, 5.74) is 0.287. The van der Waals surface area contributed by atoms with Crippen molar-refractivity contribution in [1.29, 1.82) is 0 Å². The molecule has 2 N–H and O–H groups in total. The lowest BCUT2D eigenvalue weighted by Crippen LogP contribution is -2.52. The fourth-order valence-corrected chi connectivity index (χ4v) is 6.57. The van der Waals surface area contributed by atoms with Crippen LogP contribution in [0.1, 0.15) is 26.3 Å². The third kappa shape index (κ3) is 6.49. The maximum atomic E-state index is 13.6. The largest absolute Gasteiger partial charge is 0.488 e. The van der Waals surface area contributed by atoms with Crippen molar-refractivity contribution in [1.82, 2.24) is 9.62 Å². The molecule has 1 aliphatic heterocycles. The number of hydrogen-bond acceptors (Lipinski definition) is 6. The summed E-state index contributed by atoms with van der Waals surface area (Å²) in [6.45, 7) is 5.74. The Kier molecular flexibility index (Phi) is 7.89. The van der Waals surface area contributed by atoms with E-state index in [1.165, 1.54) is 23.9 Å². The highest BCUT2D eigenvalue weighted by Crippen LogP contribution is 2.29. The SMILES string of the molecule is CC(C)(C)Oc1ccc(C[C@H](NC(=O)[C@@H]2CSCN2S(=O)(=O)c2cccc(F)c2)C(=O)O)cc1. The molecule has 2 aromatic rings. The summed E-state index contributed by atoms with van der Waals surface area (Å²) in [6, 6.07) is 9.06. The van der Waals surface area contributed by atoms with Crippen molar-refractivity contribution in [2.24, 2.45) is 0 Å². The average molecular weight is 511 g/mol. The molecule has 0 aliphatic carbocycles. The van der Waals surface area contributed by atoms with Crippen LogP contribution < -0.4 is 10.1 Å². The second-order valence-electron chi connectivity index (χ2n) is 8.83. The number of amides is 1. The van der Waals surface area contributed by atoms with Crippen molar-refractivity contribution < 1.29 is 32.2 Å². The Labute approximate surface area is 202 Å². The van der Waals surface area contributed by atoms with Crippen LogP contribution in [0.4, 0.5) is 4.39 Å². The molecule has 3 rings (SSSR count). The molecule has 1 saturated heterocycles. The number of halogens is 1. The zero-order valence-electron chi connectivity index (χ0n) is 19.0. The Bertz CT molecular complexity index is 1150. The molecule has 0 bridgehead atoms. The summed E-state index contributed by atoms with van der Waals surface area (Å²) in [5.74, 6) is -1.87. The molecule has 1 fully saturated rings. The first-order valence-electron chi connectivity index (χ1n) is 10.5. The van der Waals surface area contributed by atoms with E-state index in [9.17, 15) is 27.5 Å². The van der Waals surface area contributed by atoms with Crippen LogP contribution in [0.25, 0.3) is 0 Å². The quantitative estimate of drug-likeness (QED) is 0.562. The average Bonchev–Trinajstić information content (AvgIpc) is 3.24. The maximum Gasteiger partial charge on any atom is 0.326 e. The predicted octanol–water partition coefficient (Wildman–Crippen LogP) is 2.88. The monoisotopic (exact) mass is 510 g/mol.